The second-order valence-electron chi connectivity index (χ2n) is 8.03. The number of piperidine rings is 1. The summed E-state index contributed by atoms with van der Waals surface area (Å²) >= 11 is 0. The average molecular weight is 396 g/mol. The van der Waals surface area contributed by atoms with Crippen LogP contribution in [0.15, 0.2) is 48.7 Å². The molecule has 6 heteroatoms. The SMILES string of the molecule is OC[C@@H](O)COc1cccc(CN2CCC[C@@H](Cc3ccc4[nH]ncc4c3)C2)c1. The lowest BCUT2D eigenvalue weighted by Gasteiger charge is -2.33. The maximum absolute atomic E-state index is 9.46. The quantitative estimate of drug-likeness (QED) is 0.546. The second-order valence-corrected chi connectivity index (χ2v) is 8.03. The highest BCUT2D eigenvalue weighted by Gasteiger charge is 2.20. The highest BCUT2D eigenvalue weighted by Crippen LogP contribution is 2.24. The van der Waals surface area contributed by atoms with Crippen LogP contribution in [0, 0.1) is 5.92 Å². The summed E-state index contributed by atoms with van der Waals surface area (Å²) in [5.41, 5.74) is 3.68. The van der Waals surface area contributed by atoms with Crippen molar-refractivity contribution in [2.75, 3.05) is 26.3 Å². The van der Waals surface area contributed by atoms with E-state index in [1.807, 2.05) is 24.4 Å². The van der Waals surface area contributed by atoms with Crippen molar-refractivity contribution in [3.8, 4) is 5.75 Å². The van der Waals surface area contributed by atoms with Gasteiger partial charge in [0.2, 0.25) is 0 Å². The molecule has 1 saturated heterocycles. The Balaban J connectivity index is 1.33. The topological polar surface area (TPSA) is 81.6 Å². The Bertz CT molecular complexity index is 926. The number of likely N-dealkylation sites (tertiary alicyclic amines) is 1. The molecular weight excluding hydrogens is 366 g/mol. The standard InChI is InChI=1S/C23H29N3O3/c27-15-21(28)16-29-22-5-1-3-19(11-22)14-26-8-2-4-18(13-26)9-17-6-7-23-20(10-17)12-24-25-23/h1,3,5-7,10-12,18,21,27-28H,2,4,8-9,13-16H2,(H,24,25)/t18-,21+/m0/s1. The molecule has 4 rings (SSSR count). The molecule has 0 aliphatic carbocycles. The highest BCUT2D eigenvalue weighted by molar-refractivity contribution is 5.78. The van der Waals surface area contributed by atoms with E-state index in [-0.39, 0.29) is 13.2 Å². The Kier molecular flexibility index (Phi) is 6.44. The normalized spacial score (nSPS) is 18.8. The van der Waals surface area contributed by atoms with Gasteiger partial charge in [-0.3, -0.25) is 10.00 Å². The van der Waals surface area contributed by atoms with Gasteiger partial charge >= 0.3 is 0 Å². The number of benzene rings is 2. The number of aliphatic hydroxyl groups is 2. The first-order chi connectivity index (χ1) is 14.2. The summed E-state index contributed by atoms with van der Waals surface area (Å²) in [4.78, 5) is 2.52. The number of rotatable bonds is 8. The van der Waals surface area contributed by atoms with E-state index in [9.17, 15) is 5.11 Å². The van der Waals surface area contributed by atoms with Crippen molar-refractivity contribution in [2.24, 2.45) is 5.92 Å². The molecule has 2 heterocycles. The number of H-pyrrole nitrogens is 1. The van der Waals surface area contributed by atoms with Crippen LogP contribution in [-0.4, -0.2) is 57.7 Å². The van der Waals surface area contributed by atoms with Crippen LogP contribution in [-0.2, 0) is 13.0 Å². The lowest BCUT2D eigenvalue weighted by Crippen LogP contribution is -2.35. The number of ether oxygens (including phenoxy) is 1. The summed E-state index contributed by atoms with van der Waals surface area (Å²) in [6, 6.07) is 14.6. The van der Waals surface area contributed by atoms with Gasteiger partial charge in [-0.2, -0.15) is 5.10 Å². The van der Waals surface area contributed by atoms with Crippen LogP contribution in [0.4, 0.5) is 0 Å². The number of nitrogens with one attached hydrogen (secondary N) is 1. The summed E-state index contributed by atoms with van der Waals surface area (Å²) < 4.78 is 5.58. The fourth-order valence-electron chi connectivity index (χ4n) is 4.15. The zero-order valence-corrected chi connectivity index (χ0v) is 16.6. The van der Waals surface area contributed by atoms with Gasteiger partial charge in [0.25, 0.3) is 0 Å². The van der Waals surface area contributed by atoms with Crippen LogP contribution in [0.25, 0.3) is 10.9 Å². The zero-order valence-electron chi connectivity index (χ0n) is 16.6. The summed E-state index contributed by atoms with van der Waals surface area (Å²) in [6.45, 7) is 2.93. The molecule has 3 aromatic rings. The fraction of sp³-hybridized carbons (Fsp3) is 0.435. The largest absolute Gasteiger partial charge is 0.491 e. The van der Waals surface area contributed by atoms with Crippen molar-refractivity contribution >= 4 is 10.9 Å². The van der Waals surface area contributed by atoms with Crippen LogP contribution < -0.4 is 4.74 Å². The second kappa shape index (κ2) is 9.39. The molecule has 3 N–H and O–H groups in total. The Morgan fingerprint density at radius 1 is 1.21 bits per heavy atom. The van der Waals surface area contributed by atoms with E-state index in [1.54, 1.807) is 0 Å². The van der Waals surface area contributed by atoms with Gasteiger partial charge in [-0.1, -0.05) is 18.2 Å². The number of aromatic amines is 1. The molecule has 2 aromatic carbocycles. The molecule has 0 bridgehead atoms. The van der Waals surface area contributed by atoms with Gasteiger partial charge in [-0.15, -0.1) is 0 Å². The van der Waals surface area contributed by atoms with E-state index in [1.165, 1.54) is 29.4 Å². The molecule has 1 aromatic heterocycles. The van der Waals surface area contributed by atoms with Crippen LogP contribution in [0.5, 0.6) is 5.75 Å². The Labute approximate surface area is 171 Å². The molecule has 1 aliphatic rings. The molecule has 1 fully saturated rings. The number of aliphatic hydroxyl groups excluding tert-OH is 2. The first-order valence-corrected chi connectivity index (χ1v) is 10.3. The molecule has 0 radical (unpaired) electrons. The minimum Gasteiger partial charge on any atom is -0.491 e. The van der Waals surface area contributed by atoms with Gasteiger partial charge in [-0.25, -0.2) is 0 Å². The maximum atomic E-state index is 9.46. The molecule has 29 heavy (non-hydrogen) atoms. The minimum atomic E-state index is -0.845. The molecule has 1 aliphatic heterocycles. The third kappa shape index (κ3) is 5.35. The van der Waals surface area contributed by atoms with Crippen molar-refractivity contribution in [1.29, 1.82) is 0 Å². The van der Waals surface area contributed by atoms with E-state index in [0.29, 0.717) is 5.92 Å². The van der Waals surface area contributed by atoms with E-state index in [2.05, 4.69) is 39.4 Å². The van der Waals surface area contributed by atoms with Crippen molar-refractivity contribution in [3.05, 3.63) is 59.8 Å². The predicted octanol–water partition coefficient (Wildman–Crippen LogP) is 2.75. The molecule has 2 atom stereocenters. The zero-order chi connectivity index (χ0) is 20.1. The highest BCUT2D eigenvalue weighted by atomic mass is 16.5. The Morgan fingerprint density at radius 3 is 3.03 bits per heavy atom. The third-order valence-corrected chi connectivity index (χ3v) is 5.59. The number of hydrogen-bond donors (Lipinski definition) is 3. The van der Waals surface area contributed by atoms with E-state index < -0.39 is 6.10 Å². The van der Waals surface area contributed by atoms with Crippen LogP contribution in [0.1, 0.15) is 24.0 Å². The fourth-order valence-corrected chi connectivity index (χ4v) is 4.15. The minimum absolute atomic E-state index is 0.104. The van der Waals surface area contributed by atoms with Gasteiger partial charge in [0.1, 0.15) is 18.5 Å². The molecule has 154 valence electrons. The molecule has 0 spiro atoms. The van der Waals surface area contributed by atoms with Crippen molar-refractivity contribution in [2.45, 2.75) is 31.9 Å². The first-order valence-electron chi connectivity index (χ1n) is 10.3. The van der Waals surface area contributed by atoms with Gasteiger partial charge < -0.3 is 14.9 Å². The van der Waals surface area contributed by atoms with Gasteiger partial charge in [-0.05, 0) is 67.1 Å². The monoisotopic (exact) mass is 395 g/mol. The molecular formula is C23H29N3O3. The summed E-state index contributed by atoms with van der Waals surface area (Å²) in [6.07, 6.45) is 4.63. The average Bonchev–Trinajstić information content (AvgIpc) is 3.20. The Hall–Kier alpha value is -2.41. The lowest BCUT2D eigenvalue weighted by atomic mass is 9.90. The van der Waals surface area contributed by atoms with Crippen LogP contribution in [0.3, 0.4) is 0 Å². The lowest BCUT2D eigenvalue weighted by molar-refractivity contribution is 0.0535. The van der Waals surface area contributed by atoms with Gasteiger partial charge in [0, 0.05) is 18.5 Å². The summed E-state index contributed by atoms with van der Waals surface area (Å²) in [5, 5.41) is 26.7. The van der Waals surface area contributed by atoms with Crippen molar-refractivity contribution < 1.29 is 14.9 Å². The smallest absolute Gasteiger partial charge is 0.119 e. The maximum Gasteiger partial charge on any atom is 0.119 e. The number of aromatic nitrogens is 2. The summed E-state index contributed by atoms with van der Waals surface area (Å²) in [5.74, 6) is 1.39. The van der Waals surface area contributed by atoms with Gasteiger partial charge in [0.15, 0.2) is 0 Å². The molecule has 0 saturated carbocycles. The summed E-state index contributed by atoms with van der Waals surface area (Å²) in [7, 11) is 0. The van der Waals surface area contributed by atoms with E-state index >= 15 is 0 Å². The number of hydrogen-bond acceptors (Lipinski definition) is 5. The third-order valence-electron chi connectivity index (χ3n) is 5.59. The van der Waals surface area contributed by atoms with Crippen LogP contribution >= 0.6 is 0 Å². The van der Waals surface area contributed by atoms with Gasteiger partial charge in [0.05, 0.1) is 18.3 Å². The number of fused-ring (bicyclic) bond motifs is 1. The van der Waals surface area contributed by atoms with E-state index in [4.69, 9.17) is 9.84 Å². The van der Waals surface area contributed by atoms with Crippen LogP contribution in [0.2, 0.25) is 0 Å². The number of nitrogens with zero attached hydrogens (tertiary/aromatic N) is 2. The molecule has 6 nitrogen and oxygen atoms in total. The van der Waals surface area contributed by atoms with Crippen molar-refractivity contribution in [1.82, 2.24) is 15.1 Å². The molecule has 0 amide bonds. The van der Waals surface area contributed by atoms with Crippen molar-refractivity contribution in [3.63, 3.8) is 0 Å². The Morgan fingerprint density at radius 2 is 2.14 bits per heavy atom. The van der Waals surface area contributed by atoms with E-state index in [0.717, 1.165) is 37.3 Å². The molecule has 0 unspecified atom stereocenters. The first kappa shape index (κ1) is 19.9. The predicted molar refractivity (Wildman–Crippen MR) is 113 cm³/mol.